The molecule has 2 N–H and O–H groups in total. The second kappa shape index (κ2) is 6.97. The van der Waals surface area contributed by atoms with Gasteiger partial charge in [-0.3, -0.25) is 4.79 Å². The van der Waals surface area contributed by atoms with Crippen molar-refractivity contribution in [3.05, 3.63) is 18.2 Å². The SMILES string of the molecule is COCCNC(=O)CNCc1cncn1C. The van der Waals surface area contributed by atoms with Crippen molar-refractivity contribution in [3.63, 3.8) is 0 Å². The molecular formula is C10H18N4O2. The first kappa shape index (κ1) is 12.7. The highest BCUT2D eigenvalue weighted by Gasteiger charge is 2.01. The van der Waals surface area contributed by atoms with E-state index in [9.17, 15) is 4.79 Å². The van der Waals surface area contributed by atoms with Crippen LogP contribution in [0, 0.1) is 0 Å². The Hall–Kier alpha value is -1.40. The predicted octanol–water partition coefficient (Wildman–Crippen LogP) is -0.728. The van der Waals surface area contributed by atoms with E-state index in [0.29, 0.717) is 26.2 Å². The molecule has 0 fully saturated rings. The Kier molecular flexibility index (Phi) is 5.52. The summed E-state index contributed by atoms with van der Waals surface area (Å²) in [6.45, 7) is 2.01. The van der Waals surface area contributed by atoms with Crippen LogP contribution < -0.4 is 10.6 Å². The van der Waals surface area contributed by atoms with Crippen molar-refractivity contribution in [1.82, 2.24) is 20.2 Å². The quantitative estimate of drug-likeness (QED) is 0.602. The molecule has 0 unspecified atom stereocenters. The largest absolute Gasteiger partial charge is 0.383 e. The molecule has 6 nitrogen and oxygen atoms in total. The Morgan fingerprint density at radius 1 is 1.62 bits per heavy atom. The molecule has 0 bridgehead atoms. The van der Waals surface area contributed by atoms with E-state index in [2.05, 4.69) is 15.6 Å². The summed E-state index contributed by atoms with van der Waals surface area (Å²) >= 11 is 0. The van der Waals surface area contributed by atoms with E-state index in [1.54, 1.807) is 19.6 Å². The maximum absolute atomic E-state index is 11.3. The standard InChI is InChI=1S/C10H18N4O2/c1-14-8-12-6-9(14)5-11-7-10(15)13-3-4-16-2/h6,8,11H,3-5,7H2,1-2H3,(H,13,15). The van der Waals surface area contributed by atoms with E-state index in [0.717, 1.165) is 5.69 Å². The average molecular weight is 226 g/mol. The maximum Gasteiger partial charge on any atom is 0.234 e. The monoisotopic (exact) mass is 226 g/mol. The van der Waals surface area contributed by atoms with Gasteiger partial charge in [0.1, 0.15) is 0 Å². The normalized spacial score (nSPS) is 10.4. The molecule has 0 radical (unpaired) electrons. The van der Waals surface area contributed by atoms with Crippen LogP contribution in [0.1, 0.15) is 5.69 Å². The van der Waals surface area contributed by atoms with Gasteiger partial charge in [-0.1, -0.05) is 0 Å². The van der Waals surface area contributed by atoms with Gasteiger partial charge in [0.2, 0.25) is 5.91 Å². The van der Waals surface area contributed by atoms with Crippen molar-refractivity contribution in [2.45, 2.75) is 6.54 Å². The highest BCUT2D eigenvalue weighted by molar-refractivity contribution is 5.77. The fourth-order valence-corrected chi connectivity index (χ4v) is 1.21. The summed E-state index contributed by atoms with van der Waals surface area (Å²) in [5.41, 5.74) is 1.05. The molecule has 0 atom stereocenters. The second-order valence-corrected chi connectivity index (χ2v) is 3.44. The molecule has 0 saturated heterocycles. The van der Waals surface area contributed by atoms with Gasteiger partial charge in [0.25, 0.3) is 0 Å². The number of carbonyl (C=O) groups is 1. The lowest BCUT2D eigenvalue weighted by Crippen LogP contribution is -2.35. The molecule has 1 heterocycles. The van der Waals surface area contributed by atoms with Crippen LogP contribution in [0.25, 0.3) is 0 Å². The van der Waals surface area contributed by atoms with Crippen molar-refractivity contribution in [2.24, 2.45) is 7.05 Å². The Labute approximate surface area is 95.0 Å². The third-order valence-corrected chi connectivity index (χ3v) is 2.14. The molecular weight excluding hydrogens is 208 g/mol. The molecule has 1 aromatic rings. The lowest BCUT2D eigenvalue weighted by Gasteiger charge is -2.06. The molecule has 0 aliphatic rings. The van der Waals surface area contributed by atoms with Gasteiger partial charge in [-0.05, 0) is 0 Å². The second-order valence-electron chi connectivity index (χ2n) is 3.44. The van der Waals surface area contributed by atoms with Crippen LogP contribution in [0.2, 0.25) is 0 Å². The Bertz CT molecular complexity index is 324. The van der Waals surface area contributed by atoms with Crippen molar-refractivity contribution in [1.29, 1.82) is 0 Å². The zero-order valence-electron chi connectivity index (χ0n) is 9.69. The fourth-order valence-electron chi connectivity index (χ4n) is 1.21. The van der Waals surface area contributed by atoms with Gasteiger partial charge in [0.15, 0.2) is 0 Å². The van der Waals surface area contributed by atoms with Crippen LogP contribution in [0.5, 0.6) is 0 Å². The minimum atomic E-state index is -0.0285. The summed E-state index contributed by atoms with van der Waals surface area (Å²) in [5.74, 6) is -0.0285. The van der Waals surface area contributed by atoms with Gasteiger partial charge in [-0.25, -0.2) is 4.98 Å². The molecule has 0 aromatic carbocycles. The van der Waals surface area contributed by atoms with Crippen LogP contribution in [0.4, 0.5) is 0 Å². The fraction of sp³-hybridized carbons (Fsp3) is 0.600. The molecule has 0 aliphatic heterocycles. The van der Waals surface area contributed by atoms with E-state index in [1.807, 2.05) is 11.6 Å². The predicted molar refractivity (Wildman–Crippen MR) is 59.8 cm³/mol. The van der Waals surface area contributed by atoms with E-state index in [-0.39, 0.29) is 5.91 Å². The van der Waals surface area contributed by atoms with Gasteiger partial charge in [0.05, 0.1) is 25.2 Å². The molecule has 1 aromatic heterocycles. The van der Waals surface area contributed by atoms with Gasteiger partial charge in [0, 0.05) is 33.4 Å². The Morgan fingerprint density at radius 3 is 3.06 bits per heavy atom. The summed E-state index contributed by atoms with van der Waals surface area (Å²) in [6, 6.07) is 0. The zero-order valence-corrected chi connectivity index (χ0v) is 9.69. The van der Waals surface area contributed by atoms with Gasteiger partial charge in [-0.15, -0.1) is 0 Å². The summed E-state index contributed by atoms with van der Waals surface area (Å²) in [6.07, 6.45) is 3.51. The lowest BCUT2D eigenvalue weighted by molar-refractivity contribution is -0.120. The number of nitrogens with zero attached hydrogens (tertiary/aromatic N) is 2. The van der Waals surface area contributed by atoms with Gasteiger partial charge in [-0.2, -0.15) is 0 Å². The minimum absolute atomic E-state index is 0.0285. The van der Waals surface area contributed by atoms with Crippen LogP contribution in [0.3, 0.4) is 0 Å². The number of nitrogens with one attached hydrogen (secondary N) is 2. The number of ether oxygens (including phenoxy) is 1. The van der Waals surface area contributed by atoms with Gasteiger partial charge < -0.3 is 19.9 Å². The third-order valence-electron chi connectivity index (χ3n) is 2.14. The number of hydrogen-bond donors (Lipinski definition) is 2. The van der Waals surface area contributed by atoms with E-state index in [4.69, 9.17) is 4.74 Å². The van der Waals surface area contributed by atoms with Crippen LogP contribution in [-0.2, 0) is 23.1 Å². The summed E-state index contributed by atoms with van der Waals surface area (Å²) in [5, 5.41) is 5.77. The van der Waals surface area contributed by atoms with Crippen LogP contribution in [-0.4, -0.2) is 42.3 Å². The smallest absolute Gasteiger partial charge is 0.234 e. The molecule has 0 saturated carbocycles. The summed E-state index contributed by atoms with van der Waals surface area (Å²) < 4.78 is 6.74. The van der Waals surface area contributed by atoms with Crippen molar-refractivity contribution >= 4 is 5.91 Å². The first-order valence-electron chi connectivity index (χ1n) is 5.15. The molecule has 0 aliphatic carbocycles. The number of methoxy groups -OCH3 is 1. The summed E-state index contributed by atoms with van der Waals surface area (Å²) in [4.78, 5) is 15.3. The Balaban J connectivity index is 2.11. The first-order valence-corrected chi connectivity index (χ1v) is 5.15. The number of rotatable bonds is 7. The maximum atomic E-state index is 11.3. The molecule has 16 heavy (non-hydrogen) atoms. The molecule has 90 valence electrons. The number of aromatic nitrogens is 2. The first-order chi connectivity index (χ1) is 7.74. The summed E-state index contributed by atoms with van der Waals surface area (Å²) in [7, 11) is 3.52. The molecule has 1 rings (SSSR count). The van der Waals surface area contributed by atoms with E-state index in [1.165, 1.54) is 0 Å². The Morgan fingerprint density at radius 2 is 2.44 bits per heavy atom. The molecule has 1 amide bonds. The highest BCUT2D eigenvalue weighted by atomic mass is 16.5. The number of hydrogen-bond acceptors (Lipinski definition) is 4. The lowest BCUT2D eigenvalue weighted by atomic mass is 10.4. The van der Waals surface area contributed by atoms with Crippen molar-refractivity contribution in [2.75, 3.05) is 26.8 Å². The molecule has 0 spiro atoms. The van der Waals surface area contributed by atoms with Crippen LogP contribution in [0.15, 0.2) is 12.5 Å². The third kappa shape index (κ3) is 4.41. The minimum Gasteiger partial charge on any atom is -0.383 e. The van der Waals surface area contributed by atoms with E-state index >= 15 is 0 Å². The topological polar surface area (TPSA) is 68.2 Å². The van der Waals surface area contributed by atoms with E-state index < -0.39 is 0 Å². The number of amides is 1. The number of imidazole rings is 1. The average Bonchev–Trinajstić information content (AvgIpc) is 2.65. The number of carbonyl (C=O) groups excluding carboxylic acids is 1. The van der Waals surface area contributed by atoms with Gasteiger partial charge >= 0.3 is 0 Å². The zero-order chi connectivity index (χ0) is 11.8. The van der Waals surface area contributed by atoms with Crippen molar-refractivity contribution in [3.8, 4) is 0 Å². The van der Waals surface area contributed by atoms with Crippen LogP contribution >= 0.6 is 0 Å². The highest BCUT2D eigenvalue weighted by Crippen LogP contribution is 1.93. The molecule has 6 heteroatoms. The van der Waals surface area contributed by atoms with Crippen molar-refractivity contribution < 1.29 is 9.53 Å². The number of aryl methyl sites for hydroxylation is 1.